The molecule has 0 spiro atoms. The Morgan fingerprint density at radius 1 is 1.28 bits per heavy atom. The highest BCUT2D eigenvalue weighted by Gasteiger charge is 2.07. The van der Waals surface area contributed by atoms with Crippen LogP contribution in [0.25, 0.3) is 11.3 Å². The van der Waals surface area contributed by atoms with E-state index in [4.69, 9.17) is 10.6 Å². The Morgan fingerprint density at radius 2 is 2.11 bits per heavy atom. The minimum Gasteiger partial charge on any atom is -0.493 e. The van der Waals surface area contributed by atoms with Crippen LogP contribution in [0.3, 0.4) is 0 Å². The van der Waals surface area contributed by atoms with Crippen molar-refractivity contribution in [1.29, 1.82) is 0 Å². The van der Waals surface area contributed by atoms with Gasteiger partial charge in [-0.2, -0.15) is 0 Å². The van der Waals surface area contributed by atoms with E-state index in [1.54, 1.807) is 6.20 Å². The number of benzene rings is 1. The maximum Gasteiger partial charge on any atom is 0.128 e. The first kappa shape index (κ1) is 12.4. The summed E-state index contributed by atoms with van der Waals surface area (Å²) in [7, 11) is 0. The molecule has 0 fully saturated rings. The first-order valence-corrected chi connectivity index (χ1v) is 6.00. The summed E-state index contributed by atoms with van der Waals surface area (Å²) in [5.41, 5.74) is 5.26. The molecule has 1 heterocycles. The fourth-order valence-electron chi connectivity index (χ4n) is 1.68. The standard InChI is InChI=1S/C14H17N3O/c1-2-9-18-14-6-4-3-5-12(14)13-10-11(17-15)7-8-16-13/h3-8,10H,2,9,15H2,1H3,(H,16,17). The van der Waals surface area contributed by atoms with Gasteiger partial charge in [-0.25, -0.2) is 0 Å². The van der Waals surface area contributed by atoms with Gasteiger partial charge in [0, 0.05) is 11.8 Å². The Kier molecular flexibility index (Phi) is 4.15. The van der Waals surface area contributed by atoms with E-state index in [2.05, 4.69) is 17.3 Å². The summed E-state index contributed by atoms with van der Waals surface area (Å²) in [4.78, 5) is 4.35. The third-order valence-electron chi connectivity index (χ3n) is 2.55. The molecule has 4 heteroatoms. The minimum absolute atomic E-state index is 0.700. The number of anilines is 1. The number of hydrogen-bond donors (Lipinski definition) is 2. The van der Waals surface area contributed by atoms with Crippen LogP contribution >= 0.6 is 0 Å². The van der Waals surface area contributed by atoms with Crippen LogP contribution in [-0.4, -0.2) is 11.6 Å². The molecule has 1 aromatic carbocycles. The summed E-state index contributed by atoms with van der Waals surface area (Å²) in [6, 6.07) is 11.6. The molecule has 2 aromatic rings. The molecular weight excluding hydrogens is 226 g/mol. The van der Waals surface area contributed by atoms with Crippen molar-refractivity contribution in [2.24, 2.45) is 5.84 Å². The summed E-state index contributed by atoms with van der Waals surface area (Å²) < 4.78 is 5.72. The molecule has 0 aliphatic carbocycles. The third kappa shape index (κ3) is 2.78. The van der Waals surface area contributed by atoms with Crippen molar-refractivity contribution in [2.45, 2.75) is 13.3 Å². The molecule has 0 unspecified atom stereocenters. The summed E-state index contributed by atoms with van der Waals surface area (Å²) in [6.45, 7) is 2.78. The molecule has 0 bridgehead atoms. The maximum atomic E-state index is 5.72. The fraction of sp³-hybridized carbons (Fsp3) is 0.214. The Hall–Kier alpha value is -2.07. The van der Waals surface area contributed by atoms with Gasteiger partial charge in [0.2, 0.25) is 0 Å². The molecule has 0 radical (unpaired) electrons. The van der Waals surface area contributed by atoms with Crippen molar-refractivity contribution in [3.8, 4) is 17.0 Å². The number of nitrogen functional groups attached to an aromatic ring is 1. The van der Waals surface area contributed by atoms with Crippen LogP contribution in [0.15, 0.2) is 42.6 Å². The van der Waals surface area contributed by atoms with Gasteiger partial charge in [-0.3, -0.25) is 10.8 Å². The summed E-state index contributed by atoms with van der Waals surface area (Å²) in [5, 5.41) is 0. The zero-order chi connectivity index (χ0) is 12.8. The van der Waals surface area contributed by atoms with Gasteiger partial charge in [0.25, 0.3) is 0 Å². The molecule has 0 saturated heterocycles. The molecule has 0 saturated carbocycles. The molecule has 3 N–H and O–H groups in total. The first-order valence-electron chi connectivity index (χ1n) is 6.00. The van der Waals surface area contributed by atoms with Crippen LogP contribution < -0.4 is 16.0 Å². The van der Waals surface area contributed by atoms with Crippen LogP contribution in [0.5, 0.6) is 5.75 Å². The van der Waals surface area contributed by atoms with Gasteiger partial charge in [-0.05, 0) is 30.7 Å². The van der Waals surface area contributed by atoms with Crippen LogP contribution in [-0.2, 0) is 0 Å². The molecular formula is C14H17N3O. The van der Waals surface area contributed by atoms with E-state index in [9.17, 15) is 0 Å². The van der Waals surface area contributed by atoms with E-state index in [0.29, 0.717) is 6.61 Å². The number of pyridine rings is 1. The highest BCUT2D eigenvalue weighted by Crippen LogP contribution is 2.29. The second kappa shape index (κ2) is 6.02. The second-order valence-corrected chi connectivity index (χ2v) is 3.92. The Labute approximate surface area is 107 Å². The van der Waals surface area contributed by atoms with E-state index >= 15 is 0 Å². The lowest BCUT2D eigenvalue weighted by molar-refractivity contribution is 0.318. The van der Waals surface area contributed by atoms with Crippen LogP contribution in [0.2, 0.25) is 0 Å². The Bertz CT molecular complexity index is 514. The zero-order valence-corrected chi connectivity index (χ0v) is 10.4. The van der Waals surface area contributed by atoms with Crippen LogP contribution in [0.1, 0.15) is 13.3 Å². The molecule has 1 aromatic heterocycles. The molecule has 0 aliphatic heterocycles. The molecule has 0 aliphatic rings. The fourth-order valence-corrected chi connectivity index (χ4v) is 1.68. The summed E-state index contributed by atoms with van der Waals surface area (Å²) in [6.07, 6.45) is 2.70. The lowest BCUT2D eigenvalue weighted by Gasteiger charge is -2.11. The van der Waals surface area contributed by atoms with Crippen molar-refractivity contribution >= 4 is 5.69 Å². The van der Waals surface area contributed by atoms with Gasteiger partial charge in [-0.15, -0.1) is 0 Å². The highest BCUT2D eigenvalue weighted by atomic mass is 16.5. The van der Waals surface area contributed by atoms with Crippen molar-refractivity contribution in [1.82, 2.24) is 4.98 Å². The summed E-state index contributed by atoms with van der Waals surface area (Å²) >= 11 is 0. The van der Waals surface area contributed by atoms with Gasteiger partial charge >= 0.3 is 0 Å². The lowest BCUT2D eigenvalue weighted by atomic mass is 10.1. The smallest absolute Gasteiger partial charge is 0.128 e. The number of nitrogens with zero attached hydrogens (tertiary/aromatic N) is 1. The lowest BCUT2D eigenvalue weighted by Crippen LogP contribution is -2.06. The quantitative estimate of drug-likeness (QED) is 0.626. The Morgan fingerprint density at radius 3 is 2.89 bits per heavy atom. The first-order chi connectivity index (χ1) is 8.85. The largest absolute Gasteiger partial charge is 0.493 e. The molecule has 18 heavy (non-hydrogen) atoms. The Balaban J connectivity index is 2.36. The minimum atomic E-state index is 0.700. The van der Waals surface area contributed by atoms with Gasteiger partial charge < -0.3 is 10.2 Å². The molecule has 0 amide bonds. The SMILES string of the molecule is CCCOc1ccccc1-c1cc(NN)ccn1. The van der Waals surface area contributed by atoms with Gasteiger partial charge in [0.1, 0.15) is 5.75 Å². The van der Waals surface area contributed by atoms with E-state index in [1.165, 1.54) is 0 Å². The monoisotopic (exact) mass is 243 g/mol. The average molecular weight is 243 g/mol. The van der Waals surface area contributed by atoms with E-state index < -0.39 is 0 Å². The van der Waals surface area contributed by atoms with Gasteiger partial charge in [0.15, 0.2) is 0 Å². The van der Waals surface area contributed by atoms with E-state index in [-0.39, 0.29) is 0 Å². The van der Waals surface area contributed by atoms with E-state index in [1.807, 2.05) is 36.4 Å². The van der Waals surface area contributed by atoms with Crippen molar-refractivity contribution in [2.75, 3.05) is 12.0 Å². The maximum absolute atomic E-state index is 5.72. The second-order valence-electron chi connectivity index (χ2n) is 3.92. The molecule has 2 rings (SSSR count). The normalized spacial score (nSPS) is 10.1. The van der Waals surface area contributed by atoms with Gasteiger partial charge in [0.05, 0.1) is 18.0 Å². The topological polar surface area (TPSA) is 60.2 Å². The number of para-hydroxylation sites is 1. The third-order valence-corrected chi connectivity index (χ3v) is 2.55. The summed E-state index contributed by atoms with van der Waals surface area (Å²) in [5.74, 6) is 6.25. The van der Waals surface area contributed by atoms with Crippen LogP contribution in [0.4, 0.5) is 5.69 Å². The number of hydrazine groups is 1. The zero-order valence-electron chi connectivity index (χ0n) is 10.4. The predicted molar refractivity (Wildman–Crippen MR) is 73.3 cm³/mol. The van der Waals surface area contributed by atoms with Gasteiger partial charge in [-0.1, -0.05) is 19.1 Å². The number of aromatic nitrogens is 1. The van der Waals surface area contributed by atoms with E-state index in [0.717, 1.165) is 29.1 Å². The predicted octanol–water partition coefficient (Wildman–Crippen LogP) is 2.82. The van der Waals surface area contributed by atoms with Crippen molar-refractivity contribution in [3.05, 3.63) is 42.6 Å². The number of ether oxygens (including phenoxy) is 1. The van der Waals surface area contributed by atoms with Crippen LogP contribution in [0, 0.1) is 0 Å². The number of rotatable bonds is 5. The van der Waals surface area contributed by atoms with Crippen molar-refractivity contribution in [3.63, 3.8) is 0 Å². The molecule has 4 nitrogen and oxygen atoms in total. The van der Waals surface area contributed by atoms with Crippen molar-refractivity contribution < 1.29 is 4.74 Å². The molecule has 0 atom stereocenters. The number of nitrogens with two attached hydrogens (primary N) is 1. The molecule has 94 valence electrons. The average Bonchev–Trinajstić information content (AvgIpc) is 2.45. The highest BCUT2D eigenvalue weighted by molar-refractivity contribution is 5.69. The number of hydrogen-bond acceptors (Lipinski definition) is 4. The number of nitrogens with one attached hydrogen (secondary N) is 1.